The van der Waals surface area contributed by atoms with Gasteiger partial charge in [0.25, 0.3) is 0 Å². The first-order chi connectivity index (χ1) is 8.86. The molecule has 2 aromatic rings. The number of hydrogen-bond acceptors (Lipinski definition) is 3. The maximum absolute atomic E-state index is 12.5. The predicted octanol–water partition coefficient (Wildman–Crippen LogP) is 4.49. The number of rotatable bonds is 2. The zero-order valence-electron chi connectivity index (χ0n) is 9.41. The normalized spacial score (nSPS) is 11.6. The Balaban J connectivity index is 2.27. The first kappa shape index (κ1) is 14.0. The molecule has 0 atom stereocenters. The Morgan fingerprint density at radius 3 is 2.53 bits per heavy atom. The number of nitrogens with zero attached hydrogens (tertiary/aromatic N) is 1. The lowest BCUT2D eigenvalue weighted by molar-refractivity contribution is -0.137. The van der Waals surface area contributed by atoms with Crippen molar-refractivity contribution in [1.29, 1.82) is 0 Å². The van der Waals surface area contributed by atoms with Gasteiger partial charge in [-0.15, -0.1) is 0 Å². The number of aromatic nitrogens is 1. The summed E-state index contributed by atoms with van der Waals surface area (Å²) in [5, 5.41) is 0.266. The SMILES string of the molecule is Nc1cccc(Sc2ncc(C(F)(F)F)cc2Cl)c1. The van der Waals surface area contributed by atoms with E-state index in [1.807, 2.05) is 0 Å². The van der Waals surface area contributed by atoms with Crippen LogP contribution in [0.5, 0.6) is 0 Å². The summed E-state index contributed by atoms with van der Waals surface area (Å²) in [5.41, 5.74) is 5.31. The minimum Gasteiger partial charge on any atom is -0.399 e. The molecule has 2 N–H and O–H groups in total. The van der Waals surface area contributed by atoms with Crippen LogP contribution in [0.1, 0.15) is 5.56 Å². The molecule has 1 heterocycles. The number of benzene rings is 1. The lowest BCUT2D eigenvalue weighted by atomic mass is 10.3. The van der Waals surface area contributed by atoms with Crippen molar-refractivity contribution in [2.75, 3.05) is 5.73 Å². The molecule has 1 aromatic heterocycles. The van der Waals surface area contributed by atoms with Gasteiger partial charge in [0.2, 0.25) is 0 Å². The van der Waals surface area contributed by atoms with Gasteiger partial charge in [0.1, 0.15) is 5.03 Å². The number of hydrogen-bond donors (Lipinski definition) is 1. The van der Waals surface area contributed by atoms with E-state index in [1.54, 1.807) is 24.3 Å². The van der Waals surface area contributed by atoms with Gasteiger partial charge in [0.15, 0.2) is 0 Å². The van der Waals surface area contributed by atoms with E-state index in [0.717, 1.165) is 28.9 Å². The van der Waals surface area contributed by atoms with E-state index in [0.29, 0.717) is 10.7 Å². The van der Waals surface area contributed by atoms with Crippen LogP contribution in [0.3, 0.4) is 0 Å². The highest BCUT2D eigenvalue weighted by atomic mass is 35.5. The van der Waals surface area contributed by atoms with Crippen molar-refractivity contribution < 1.29 is 13.2 Å². The molecule has 1 aromatic carbocycles. The second-order valence-corrected chi connectivity index (χ2v) is 5.15. The third-order valence-electron chi connectivity index (χ3n) is 2.21. The Kier molecular flexibility index (Phi) is 3.91. The molecule has 0 aliphatic carbocycles. The van der Waals surface area contributed by atoms with E-state index in [9.17, 15) is 13.2 Å². The quantitative estimate of drug-likeness (QED) is 0.831. The number of anilines is 1. The molecule has 0 saturated carbocycles. The predicted molar refractivity (Wildman–Crippen MR) is 69.2 cm³/mol. The number of alkyl halides is 3. The molecule has 0 bridgehead atoms. The highest BCUT2D eigenvalue weighted by Crippen LogP contribution is 2.36. The van der Waals surface area contributed by atoms with Gasteiger partial charge in [-0.2, -0.15) is 13.2 Å². The Hall–Kier alpha value is -1.40. The van der Waals surface area contributed by atoms with E-state index in [4.69, 9.17) is 17.3 Å². The van der Waals surface area contributed by atoms with Crippen LogP contribution in [-0.2, 0) is 6.18 Å². The van der Waals surface area contributed by atoms with Crippen molar-refractivity contribution in [2.24, 2.45) is 0 Å². The van der Waals surface area contributed by atoms with Gasteiger partial charge < -0.3 is 5.73 Å². The molecular formula is C12H8ClF3N2S. The smallest absolute Gasteiger partial charge is 0.399 e. The van der Waals surface area contributed by atoms with Crippen molar-refractivity contribution in [3.8, 4) is 0 Å². The average Bonchev–Trinajstić information content (AvgIpc) is 2.30. The molecule has 2 nitrogen and oxygen atoms in total. The zero-order chi connectivity index (χ0) is 14.0. The summed E-state index contributed by atoms with van der Waals surface area (Å²) >= 11 is 6.97. The van der Waals surface area contributed by atoms with Gasteiger partial charge in [-0.3, -0.25) is 0 Å². The standard InChI is InChI=1S/C12H8ClF3N2S/c13-10-4-7(12(14,15)16)6-18-11(10)19-9-3-1-2-8(17)5-9/h1-6H,17H2. The summed E-state index contributed by atoms with van der Waals surface area (Å²) in [5.74, 6) is 0. The van der Waals surface area contributed by atoms with Crippen LogP contribution >= 0.6 is 23.4 Å². The molecule has 0 spiro atoms. The summed E-state index contributed by atoms with van der Waals surface area (Å²) in [6, 6.07) is 7.79. The molecule has 0 amide bonds. The third-order valence-corrected chi connectivity index (χ3v) is 3.62. The maximum atomic E-state index is 12.5. The maximum Gasteiger partial charge on any atom is 0.417 e. The van der Waals surface area contributed by atoms with Crippen LogP contribution in [0.25, 0.3) is 0 Å². The fourth-order valence-electron chi connectivity index (χ4n) is 1.35. The molecule has 0 radical (unpaired) electrons. The van der Waals surface area contributed by atoms with Crippen molar-refractivity contribution in [3.05, 3.63) is 47.1 Å². The molecular weight excluding hydrogens is 297 g/mol. The second-order valence-electron chi connectivity index (χ2n) is 3.68. The molecule has 7 heteroatoms. The first-order valence-corrected chi connectivity index (χ1v) is 6.32. The summed E-state index contributed by atoms with van der Waals surface area (Å²) in [4.78, 5) is 4.50. The van der Waals surface area contributed by atoms with E-state index < -0.39 is 11.7 Å². The molecule has 0 fully saturated rings. The minimum absolute atomic E-state index is 0.0396. The lowest BCUT2D eigenvalue weighted by Gasteiger charge is -2.09. The average molecular weight is 305 g/mol. The van der Waals surface area contributed by atoms with Gasteiger partial charge >= 0.3 is 6.18 Å². The summed E-state index contributed by atoms with van der Waals surface area (Å²) in [7, 11) is 0. The zero-order valence-corrected chi connectivity index (χ0v) is 11.0. The number of nitrogen functional groups attached to an aromatic ring is 1. The van der Waals surface area contributed by atoms with E-state index in [-0.39, 0.29) is 5.02 Å². The highest BCUT2D eigenvalue weighted by molar-refractivity contribution is 7.99. The van der Waals surface area contributed by atoms with Crippen LogP contribution in [-0.4, -0.2) is 4.98 Å². The van der Waals surface area contributed by atoms with Crippen molar-refractivity contribution >= 4 is 29.1 Å². The molecule has 19 heavy (non-hydrogen) atoms. The second kappa shape index (κ2) is 5.30. The topological polar surface area (TPSA) is 38.9 Å². The first-order valence-electron chi connectivity index (χ1n) is 5.12. The van der Waals surface area contributed by atoms with Gasteiger partial charge in [-0.1, -0.05) is 29.4 Å². The summed E-state index contributed by atoms with van der Waals surface area (Å²) < 4.78 is 37.4. The monoisotopic (exact) mass is 304 g/mol. The minimum atomic E-state index is -4.45. The fraction of sp³-hybridized carbons (Fsp3) is 0.0833. The van der Waals surface area contributed by atoms with Gasteiger partial charge in [-0.25, -0.2) is 4.98 Å². The van der Waals surface area contributed by atoms with E-state index in [1.165, 1.54) is 0 Å². The summed E-state index contributed by atoms with van der Waals surface area (Å²) in [6.45, 7) is 0. The lowest BCUT2D eigenvalue weighted by Crippen LogP contribution is -2.05. The molecule has 0 aliphatic rings. The highest BCUT2D eigenvalue weighted by Gasteiger charge is 2.31. The molecule has 100 valence electrons. The van der Waals surface area contributed by atoms with Crippen LogP contribution in [0.15, 0.2) is 46.5 Å². The molecule has 0 unspecified atom stereocenters. The van der Waals surface area contributed by atoms with Gasteiger partial charge in [-0.05, 0) is 24.3 Å². The van der Waals surface area contributed by atoms with Crippen molar-refractivity contribution in [1.82, 2.24) is 4.98 Å². The Morgan fingerprint density at radius 2 is 1.95 bits per heavy atom. The van der Waals surface area contributed by atoms with Gasteiger partial charge in [0.05, 0.1) is 10.6 Å². The van der Waals surface area contributed by atoms with Crippen molar-refractivity contribution in [2.45, 2.75) is 16.1 Å². The molecule has 0 saturated heterocycles. The molecule has 0 aliphatic heterocycles. The Bertz CT molecular complexity index is 602. The van der Waals surface area contributed by atoms with Crippen LogP contribution < -0.4 is 5.73 Å². The van der Waals surface area contributed by atoms with Crippen LogP contribution in [0.2, 0.25) is 5.02 Å². The number of pyridine rings is 1. The Morgan fingerprint density at radius 1 is 1.21 bits per heavy atom. The largest absolute Gasteiger partial charge is 0.417 e. The van der Waals surface area contributed by atoms with Crippen molar-refractivity contribution in [3.63, 3.8) is 0 Å². The number of halogens is 4. The van der Waals surface area contributed by atoms with Crippen LogP contribution in [0, 0.1) is 0 Å². The van der Waals surface area contributed by atoms with Gasteiger partial charge in [0, 0.05) is 16.8 Å². The third kappa shape index (κ3) is 3.54. The van der Waals surface area contributed by atoms with E-state index >= 15 is 0 Å². The van der Waals surface area contributed by atoms with E-state index in [2.05, 4.69) is 4.98 Å². The fourth-order valence-corrected chi connectivity index (χ4v) is 2.45. The Labute approximate surface area is 116 Å². The summed E-state index contributed by atoms with van der Waals surface area (Å²) in [6.07, 6.45) is -3.68. The van der Waals surface area contributed by atoms with Crippen LogP contribution in [0.4, 0.5) is 18.9 Å². The molecule has 2 rings (SSSR count). The number of nitrogens with two attached hydrogens (primary N) is 1.